The van der Waals surface area contributed by atoms with Crippen LogP contribution in [0.5, 0.6) is 0 Å². The van der Waals surface area contributed by atoms with E-state index in [4.69, 9.17) is 0 Å². The van der Waals surface area contributed by atoms with Crippen molar-refractivity contribution in [2.45, 2.75) is 46.6 Å². The highest BCUT2D eigenvalue weighted by molar-refractivity contribution is 5.78. The van der Waals surface area contributed by atoms with Gasteiger partial charge in [0, 0.05) is 24.7 Å². The SMILES string of the molecule is CC(C)C(=O)N[C@@H](C)c1ccc(N2CCC[C@H](C)C2)cc1. The van der Waals surface area contributed by atoms with Crippen LogP contribution in [0, 0.1) is 11.8 Å². The van der Waals surface area contributed by atoms with Crippen LogP contribution in [-0.4, -0.2) is 19.0 Å². The summed E-state index contributed by atoms with van der Waals surface area (Å²) in [6.45, 7) is 10.5. The molecule has 2 rings (SSSR count). The molecule has 0 spiro atoms. The van der Waals surface area contributed by atoms with Crippen molar-refractivity contribution in [2.75, 3.05) is 18.0 Å². The minimum Gasteiger partial charge on any atom is -0.371 e. The van der Waals surface area contributed by atoms with Gasteiger partial charge < -0.3 is 10.2 Å². The van der Waals surface area contributed by atoms with Crippen LogP contribution in [-0.2, 0) is 4.79 Å². The Hall–Kier alpha value is -1.51. The Morgan fingerprint density at radius 3 is 2.48 bits per heavy atom. The quantitative estimate of drug-likeness (QED) is 0.915. The van der Waals surface area contributed by atoms with E-state index in [1.165, 1.54) is 18.5 Å². The molecule has 1 aliphatic rings. The van der Waals surface area contributed by atoms with Crippen molar-refractivity contribution in [3.8, 4) is 0 Å². The molecule has 1 saturated heterocycles. The highest BCUT2D eigenvalue weighted by Gasteiger charge is 2.17. The summed E-state index contributed by atoms with van der Waals surface area (Å²) >= 11 is 0. The normalized spacial score (nSPS) is 20.4. The van der Waals surface area contributed by atoms with Crippen LogP contribution in [0.1, 0.15) is 52.1 Å². The summed E-state index contributed by atoms with van der Waals surface area (Å²) in [5, 5.41) is 3.05. The number of carbonyl (C=O) groups is 1. The first-order valence-electron chi connectivity index (χ1n) is 8.12. The molecule has 21 heavy (non-hydrogen) atoms. The largest absolute Gasteiger partial charge is 0.371 e. The fourth-order valence-electron chi connectivity index (χ4n) is 2.86. The zero-order chi connectivity index (χ0) is 15.4. The molecule has 0 unspecified atom stereocenters. The second-order valence-corrected chi connectivity index (χ2v) is 6.67. The van der Waals surface area contributed by atoms with Crippen LogP contribution in [0.3, 0.4) is 0 Å². The van der Waals surface area contributed by atoms with Crippen LogP contribution in [0.2, 0.25) is 0 Å². The summed E-state index contributed by atoms with van der Waals surface area (Å²) in [7, 11) is 0. The van der Waals surface area contributed by atoms with Gasteiger partial charge in [-0.3, -0.25) is 4.79 Å². The molecule has 0 saturated carbocycles. The average molecular weight is 288 g/mol. The van der Waals surface area contributed by atoms with Gasteiger partial charge in [-0.1, -0.05) is 32.9 Å². The molecular weight excluding hydrogens is 260 g/mol. The first-order valence-corrected chi connectivity index (χ1v) is 8.12. The van der Waals surface area contributed by atoms with Gasteiger partial charge in [-0.25, -0.2) is 0 Å². The molecule has 1 aromatic rings. The summed E-state index contributed by atoms with van der Waals surface area (Å²) in [6, 6.07) is 8.71. The maximum atomic E-state index is 11.8. The van der Waals surface area contributed by atoms with E-state index in [-0.39, 0.29) is 17.9 Å². The van der Waals surface area contributed by atoms with Gasteiger partial charge in [0.2, 0.25) is 5.91 Å². The Bertz CT molecular complexity index is 467. The summed E-state index contributed by atoms with van der Waals surface area (Å²) in [5.41, 5.74) is 2.46. The molecule has 3 heteroatoms. The Balaban J connectivity index is 1.99. The van der Waals surface area contributed by atoms with Crippen LogP contribution in [0.25, 0.3) is 0 Å². The molecule has 0 bridgehead atoms. The highest BCUT2D eigenvalue weighted by Crippen LogP contribution is 2.24. The number of carbonyl (C=O) groups excluding carboxylic acids is 1. The van der Waals surface area contributed by atoms with E-state index in [9.17, 15) is 4.79 Å². The minimum absolute atomic E-state index is 0.0292. The zero-order valence-electron chi connectivity index (χ0n) is 13.7. The maximum absolute atomic E-state index is 11.8. The third-order valence-corrected chi connectivity index (χ3v) is 4.30. The van der Waals surface area contributed by atoms with Crippen molar-refractivity contribution in [3.63, 3.8) is 0 Å². The van der Waals surface area contributed by atoms with E-state index in [0.717, 1.165) is 24.6 Å². The van der Waals surface area contributed by atoms with Crippen LogP contribution >= 0.6 is 0 Å². The number of benzene rings is 1. The molecule has 1 N–H and O–H groups in total. The predicted octanol–water partition coefficient (Wildman–Crippen LogP) is 3.76. The van der Waals surface area contributed by atoms with E-state index in [2.05, 4.69) is 41.4 Å². The Morgan fingerprint density at radius 1 is 1.24 bits per heavy atom. The Kier molecular flexibility index (Phi) is 5.27. The molecule has 1 aromatic carbocycles. The van der Waals surface area contributed by atoms with Gasteiger partial charge in [0.25, 0.3) is 0 Å². The molecule has 1 aliphatic heterocycles. The Labute approximate surface area is 128 Å². The van der Waals surface area contributed by atoms with E-state index in [0.29, 0.717) is 0 Å². The van der Waals surface area contributed by atoms with E-state index in [1.54, 1.807) is 0 Å². The second-order valence-electron chi connectivity index (χ2n) is 6.67. The van der Waals surface area contributed by atoms with Crippen LogP contribution < -0.4 is 10.2 Å². The molecular formula is C18H28N2O. The third-order valence-electron chi connectivity index (χ3n) is 4.30. The lowest BCUT2D eigenvalue weighted by Crippen LogP contribution is -2.34. The summed E-state index contributed by atoms with van der Waals surface area (Å²) < 4.78 is 0. The van der Waals surface area contributed by atoms with Crippen molar-refractivity contribution in [3.05, 3.63) is 29.8 Å². The number of rotatable bonds is 4. The van der Waals surface area contributed by atoms with Gasteiger partial charge in [0.05, 0.1) is 6.04 Å². The number of amides is 1. The summed E-state index contributed by atoms with van der Waals surface area (Å²) in [6.07, 6.45) is 2.62. The second kappa shape index (κ2) is 6.97. The molecule has 1 amide bonds. The van der Waals surface area contributed by atoms with Crippen molar-refractivity contribution in [2.24, 2.45) is 11.8 Å². The molecule has 2 atom stereocenters. The van der Waals surface area contributed by atoms with Crippen molar-refractivity contribution >= 4 is 11.6 Å². The smallest absolute Gasteiger partial charge is 0.223 e. The number of hydrogen-bond acceptors (Lipinski definition) is 2. The zero-order valence-corrected chi connectivity index (χ0v) is 13.7. The first kappa shape index (κ1) is 15.9. The Morgan fingerprint density at radius 2 is 1.90 bits per heavy atom. The number of anilines is 1. The first-order chi connectivity index (χ1) is 9.97. The molecule has 3 nitrogen and oxygen atoms in total. The summed E-state index contributed by atoms with van der Waals surface area (Å²) in [5.74, 6) is 0.917. The van der Waals surface area contributed by atoms with Crippen LogP contribution in [0.4, 0.5) is 5.69 Å². The number of nitrogens with zero attached hydrogens (tertiary/aromatic N) is 1. The average Bonchev–Trinajstić information content (AvgIpc) is 2.47. The fourth-order valence-corrected chi connectivity index (χ4v) is 2.86. The molecule has 0 radical (unpaired) electrons. The van der Waals surface area contributed by atoms with Gasteiger partial charge in [-0.15, -0.1) is 0 Å². The predicted molar refractivity (Wildman–Crippen MR) is 88.4 cm³/mol. The number of piperidine rings is 1. The monoisotopic (exact) mass is 288 g/mol. The topological polar surface area (TPSA) is 32.3 Å². The molecule has 116 valence electrons. The lowest BCUT2D eigenvalue weighted by molar-refractivity contribution is -0.124. The lowest BCUT2D eigenvalue weighted by Gasteiger charge is -2.33. The van der Waals surface area contributed by atoms with Crippen LogP contribution in [0.15, 0.2) is 24.3 Å². The van der Waals surface area contributed by atoms with Gasteiger partial charge >= 0.3 is 0 Å². The van der Waals surface area contributed by atoms with Gasteiger partial charge in [0.1, 0.15) is 0 Å². The third kappa shape index (κ3) is 4.23. The van der Waals surface area contributed by atoms with Gasteiger partial charge in [0.15, 0.2) is 0 Å². The van der Waals surface area contributed by atoms with E-state index >= 15 is 0 Å². The van der Waals surface area contributed by atoms with E-state index in [1.807, 2.05) is 20.8 Å². The van der Waals surface area contributed by atoms with Crippen molar-refractivity contribution in [1.82, 2.24) is 5.32 Å². The molecule has 1 fully saturated rings. The lowest BCUT2D eigenvalue weighted by atomic mass is 9.99. The highest BCUT2D eigenvalue weighted by atomic mass is 16.1. The van der Waals surface area contributed by atoms with Gasteiger partial charge in [-0.05, 0) is 43.4 Å². The molecule has 1 heterocycles. The van der Waals surface area contributed by atoms with E-state index < -0.39 is 0 Å². The summed E-state index contributed by atoms with van der Waals surface area (Å²) in [4.78, 5) is 14.2. The molecule has 0 aromatic heterocycles. The standard InChI is InChI=1S/C18H28N2O/c1-13(2)18(21)19-15(4)16-7-9-17(10-8-16)20-11-5-6-14(3)12-20/h7-10,13-15H,5-6,11-12H2,1-4H3,(H,19,21)/t14-,15-/m0/s1. The van der Waals surface area contributed by atoms with Crippen molar-refractivity contribution < 1.29 is 4.79 Å². The molecule has 0 aliphatic carbocycles. The maximum Gasteiger partial charge on any atom is 0.223 e. The fraction of sp³-hybridized carbons (Fsp3) is 0.611. The number of nitrogens with one attached hydrogen (secondary N) is 1. The van der Waals surface area contributed by atoms with Crippen molar-refractivity contribution in [1.29, 1.82) is 0 Å². The number of hydrogen-bond donors (Lipinski definition) is 1. The minimum atomic E-state index is 0.0292. The van der Waals surface area contributed by atoms with Gasteiger partial charge in [-0.2, -0.15) is 0 Å².